The molecule has 0 amide bonds. The van der Waals surface area contributed by atoms with E-state index >= 15 is 0 Å². The Hall–Kier alpha value is -0.330. The van der Waals surface area contributed by atoms with Crippen molar-refractivity contribution in [1.29, 1.82) is 5.41 Å². The summed E-state index contributed by atoms with van der Waals surface area (Å²) in [6.45, 7) is 0. The van der Waals surface area contributed by atoms with Crippen LogP contribution in [-0.4, -0.2) is 6.21 Å². The number of rotatable bonds is 2. The highest BCUT2D eigenvalue weighted by molar-refractivity contribution is 5.56. The molecule has 0 aromatic rings. The molecule has 2 fully saturated rings. The van der Waals surface area contributed by atoms with Crippen molar-refractivity contribution in [1.82, 2.24) is 0 Å². The first-order chi connectivity index (χ1) is 3.87. The molecule has 2 atom stereocenters. The zero-order chi connectivity index (χ0) is 5.61. The predicted octanol–water partition coefficient (Wildman–Crippen LogP) is 1.83. The molecular weight excluding hydrogens is 98.1 g/mol. The van der Waals surface area contributed by atoms with Gasteiger partial charge in [0.25, 0.3) is 0 Å². The van der Waals surface area contributed by atoms with E-state index in [-0.39, 0.29) is 0 Å². The lowest BCUT2D eigenvalue weighted by atomic mass is 9.82. The molecule has 2 aliphatic carbocycles. The largest absolute Gasteiger partial charge is 0.313 e. The van der Waals surface area contributed by atoms with Crippen molar-refractivity contribution in [3.63, 3.8) is 0 Å². The topological polar surface area (TPSA) is 23.9 Å². The summed E-state index contributed by atoms with van der Waals surface area (Å²) in [6.07, 6.45) is 6.94. The van der Waals surface area contributed by atoms with Crippen LogP contribution in [0.15, 0.2) is 0 Å². The van der Waals surface area contributed by atoms with Crippen LogP contribution in [0.5, 0.6) is 0 Å². The van der Waals surface area contributed by atoms with Gasteiger partial charge in [-0.1, -0.05) is 0 Å². The summed E-state index contributed by atoms with van der Waals surface area (Å²) < 4.78 is 0. The third kappa shape index (κ3) is 0.355. The van der Waals surface area contributed by atoms with Gasteiger partial charge in [-0.05, 0) is 43.2 Å². The summed E-state index contributed by atoms with van der Waals surface area (Å²) in [5, 5.41) is 6.90. The van der Waals surface area contributed by atoms with Crippen molar-refractivity contribution >= 4 is 6.21 Å². The number of nitrogens with one attached hydrogen (secondary N) is 1. The van der Waals surface area contributed by atoms with E-state index < -0.39 is 0 Å². The van der Waals surface area contributed by atoms with Gasteiger partial charge < -0.3 is 5.41 Å². The van der Waals surface area contributed by atoms with E-state index in [1.807, 2.05) is 0 Å². The lowest BCUT2D eigenvalue weighted by Gasteiger charge is -2.22. The first kappa shape index (κ1) is 4.54. The quantitative estimate of drug-likeness (QED) is 0.523. The minimum atomic E-state index is 0.696. The highest BCUT2D eigenvalue weighted by atomic mass is 14.6. The Kier molecular flexibility index (Phi) is 0.651. The first-order valence-corrected chi connectivity index (χ1v) is 3.36. The summed E-state index contributed by atoms with van der Waals surface area (Å²) in [6, 6.07) is 0. The fourth-order valence-electron chi connectivity index (χ4n) is 1.95. The lowest BCUT2D eigenvalue weighted by Crippen LogP contribution is -2.13. The number of fused-ring (bicyclic) bond motifs is 1. The Morgan fingerprint density at radius 2 is 2.62 bits per heavy atom. The van der Waals surface area contributed by atoms with Crippen LogP contribution in [0.25, 0.3) is 0 Å². The third-order valence-corrected chi connectivity index (χ3v) is 2.86. The highest BCUT2D eigenvalue weighted by Gasteiger charge is 2.59. The van der Waals surface area contributed by atoms with Gasteiger partial charge in [-0.3, -0.25) is 0 Å². The third-order valence-electron chi connectivity index (χ3n) is 2.86. The molecular formula is C7H11N. The molecule has 0 bridgehead atoms. The van der Waals surface area contributed by atoms with Crippen LogP contribution < -0.4 is 0 Å². The Morgan fingerprint density at radius 3 is 2.75 bits per heavy atom. The molecule has 1 nitrogen and oxygen atoms in total. The van der Waals surface area contributed by atoms with E-state index in [2.05, 4.69) is 0 Å². The highest BCUT2D eigenvalue weighted by Crippen LogP contribution is 2.69. The predicted molar refractivity (Wildman–Crippen MR) is 33.2 cm³/mol. The second-order valence-electron chi connectivity index (χ2n) is 3.21. The van der Waals surface area contributed by atoms with Crippen LogP contribution in [0, 0.1) is 16.7 Å². The van der Waals surface area contributed by atoms with Gasteiger partial charge in [-0.2, -0.15) is 0 Å². The molecule has 1 heteroatoms. The van der Waals surface area contributed by atoms with Crippen LogP contribution in [0.1, 0.15) is 25.7 Å². The van der Waals surface area contributed by atoms with Crippen molar-refractivity contribution < 1.29 is 0 Å². The molecule has 0 saturated heterocycles. The smallest absolute Gasteiger partial charge is 0.00421 e. The van der Waals surface area contributed by atoms with E-state index in [0.717, 1.165) is 12.3 Å². The van der Waals surface area contributed by atoms with Crippen LogP contribution >= 0.6 is 0 Å². The van der Waals surface area contributed by atoms with Gasteiger partial charge in [0.05, 0.1) is 0 Å². The minimum Gasteiger partial charge on any atom is -0.313 e. The summed E-state index contributed by atoms with van der Waals surface area (Å²) in [7, 11) is 0. The fourth-order valence-corrected chi connectivity index (χ4v) is 1.95. The molecule has 0 spiro atoms. The second kappa shape index (κ2) is 1.15. The molecule has 0 aliphatic heterocycles. The van der Waals surface area contributed by atoms with Gasteiger partial charge in [0.15, 0.2) is 0 Å². The van der Waals surface area contributed by atoms with E-state index in [1.54, 1.807) is 6.21 Å². The second-order valence-corrected chi connectivity index (χ2v) is 3.21. The zero-order valence-electron chi connectivity index (χ0n) is 4.98. The summed E-state index contributed by atoms with van der Waals surface area (Å²) in [5.74, 6) is 1.05. The van der Waals surface area contributed by atoms with Crippen molar-refractivity contribution in [3.05, 3.63) is 0 Å². The molecule has 44 valence electrons. The molecule has 1 N–H and O–H groups in total. The minimum absolute atomic E-state index is 0.696. The van der Waals surface area contributed by atoms with E-state index in [4.69, 9.17) is 5.41 Å². The van der Waals surface area contributed by atoms with Crippen LogP contribution in [0.2, 0.25) is 0 Å². The lowest BCUT2D eigenvalue weighted by molar-refractivity contribution is 0.306. The Morgan fingerprint density at radius 1 is 1.75 bits per heavy atom. The van der Waals surface area contributed by atoms with Gasteiger partial charge in [-0.25, -0.2) is 0 Å². The maximum atomic E-state index is 6.90. The summed E-state index contributed by atoms with van der Waals surface area (Å²) in [5.41, 5.74) is 0.696. The van der Waals surface area contributed by atoms with Gasteiger partial charge in [-0.15, -0.1) is 0 Å². The van der Waals surface area contributed by atoms with Crippen molar-refractivity contribution in [2.75, 3.05) is 0 Å². The molecule has 0 unspecified atom stereocenters. The average Bonchev–Trinajstić information content (AvgIpc) is 2.19. The average molecular weight is 109 g/mol. The van der Waals surface area contributed by atoms with Gasteiger partial charge in [0.1, 0.15) is 0 Å². The number of hydrogen-bond donors (Lipinski definition) is 1. The fraction of sp³-hybridized carbons (Fsp3) is 0.857. The Balaban J connectivity index is 1.97. The SMILES string of the molecule is N=CC[C@@]12CC[C@@H]1C2. The number of hydrogen-bond acceptors (Lipinski definition) is 1. The Labute approximate surface area is 49.6 Å². The molecule has 2 aliphatic rings. The van der Waals surface area contributed by atoms with Crippen LogP contribution in [-0.2, 0) is 0 Å². The summed E-state index contributed by atoms with van der Waals surface area (Å²) >= 11 is 0. The zero-order valence-corrected chi connectivity index (χ0v) is 4.98. The van der Waals surface area contributed by atoms with Gasteiger partial charge >= 0.3 is 0 Å². The van der Waals surface area contributed by atoms with Gasteiger partial charge in [0, 0.05) is 0 Å². The molecule has 0 heterocycles. The maximum Gasteiger partial charge on any atom is -0.00421 e. The molecule has 8 heavy (non-hydrogen) atoms. The van der Waals surface area contributed by atoms with Crippen LogP contribution in [0.4, 0.5) is 0 Å². The molecule has 2 saturated carbocycles. The molecule has 2 rings (SSSR count). The van der Waals surface area contributed by atoms with Crippen molar-refractivity contribution in [2.45, 2.75) is 25.7 Å². The van der Waals surface area contributed by atoms with E-state index in [9.17, 15) is 0 Å². The monoisotopic (exact) mass is 109 g/mol. The summed E-state index contributed by atoms with van der Waals surface area (Å²) in [4.78, 5) is 0. The maximum absolute atomic E-state index is 6.90. The van der Waals surface area contributed by atoms with Crippen molar-refractivity contribution in [3.8, 4) is 0 Å². The van der Waals surface area contributed by atoms with E-state index in [1.165, 1.54) is 19.3 Å². The van der Waals surface area contributed by atoms with Crippen LogP contribution in [0.3, 0.4) is 0 Å². The van der Waals surface area contributed by atoms with Crippen molar-refractivity contribution in [2.24, 2.45) is 11.3 Å². The first-order valence-electron chi connectivity index (χ1n) is 3.36. The van der Waals surface area contributed by atoms with Gasteiger partial charge in [0.2, 0.25) is 0 Å². The molecule has 0 aromatic carbocycles. The molecule has 0 aromatic heterocycles. The Bertz CT molecular complexity index is 126. The molecule has 0 radical (unpaired) electrons. The normalized spacial score (nSPS) is 49.2. The van der Waals surface area contributed by atoms with E-state index in [0.29, 0.717) is 5.41 Å². The standard InChI is InChI=1S/C7H11N/c8-4-3-7-2-1-6(7)5-7/h4,6,8H,1-3,5H2/t6-,7-/m1/s1.